The van der Waals surface area contributed by atoms with Crippen molar-refractivity contribution < 1.29 is 14.6 Å². The van der Waals surface area contributed by atoms with Crippen LogP contribution in [0.3, 0.4) is 0 Å². The van der Waals surface area contributed by atoms with E-state index in [-0.39, 0.29) is 17.4 Å². The van der Waals surface area contributed by atoms with E-state index in [9.17, 15) is 9.90 Å². The van der Waals surface area contributed by atoms with Gasteiger partial charge >= 0.3 is 0 Å². The van der Waals surface area contributed by atoms with Crippen molar-refractivity contribution in [3.05, 3.63) is 35.9 Å². The molecule has 26 heavy (non-hydrogen) atoms. The molecule has 2 aliphatic heterocycles. The average molecular weight is 360 g/mol. The molecule has 0 aliphatic carbocycles. The third-order valence-corrected chi connectivity index (χ3v) is 5.95. The van der Waals surface area contributed by atoms with Crippen molar-refractivity contribution in [2.75, 3.05) is 46.4 Å². The van der Waals surface area contributed by atoms with Crippen molar-refractivity contribution in [3.63, 3.8) is 0 Å². The quantitative estimate of drug-likeness (QED) is 0.792. The van der Waals surface area contributed by atoms with Gasteiger partial charge in [-0.3, -0.25) is 4.79 Å². The fourth-order valence-corrected chi connectivity index (χ4v) is 4.51. The number of aliphatic hydroxyl groups is 1. The van der Waals surface area contributed by atoms with Gasteiger partial charge < -0.3 is 19.6 Å². The second kappa shape index (κ2) is 8.98. The topological polar surface area (TPSA) is 53.0 Å². The van der Waals surface area contributed by atoms with E-state index in [2.05, 4.69) is 4.90 Å². The number of unbranched alkanes of at least 4 members (excludes halogenated alkanes) is 1. The fourth-order valence-electron chi connectivity index (χ4n) is 4.51. The molecule has 0 saturated carbocycles. The number of carbonyl (C=O) groups is 1. The first-order valence-corrected chi connectivity index (χ1v) is 9.88. The van der Waals surface area contributed by atoms with Crippen LogP contribution in [-0.4, -0.2) is 73.4 Å². The first-order chi connectivity index (χ1) is 12.6. The number of hydrogen-bond acceptors (Lipinski definition) is 4. The first kappa shape index (κ1) is 19.3. The monoisotopic (exact) mass is 360 g/mol. The Morgan fingerprint density at radius 2 is 2.04 bits per heavy atom. The summed E-state index contributed by atoms with van der Waals surface area (Å²) < 4.78 is 5.14. The molecule has 3 rings (SSSR count). The molecule has 5 heteroatoms. The lowest BCUT2D eigenvalue weighted by atomic mass is 9.71. The predicted octanol–water partition coefficient (Wildman–Crippen LogP) is 2.40. The van der Waals surface area contributed by atoms with Gasteiger partial charge in [0.15, 0.2) is 0 Å². The van der Waals surface area contributed by atoms with Crippen molar-refractivity contribution >= 4 is 5.91 Å². The predicted molar refractivity (Wildman–Crippen MR) is 102 cm³/mol. The number of rotatable bonds is 6. The third-order valence-electron chi connectivity index (χ3n) is 5.95. The van der Waals surface area contributed by atoms with Crippen molar-refractivity contribution in [2.45, 2.75) is 38.2 Å². The van der Waals surface area contributed by atoms with Gasteiger partial charge in [0, 0.05) is 50.9 Å². The molecule has 1 aromatic rings. The number of piperidine rings is 2. The minimum Gasteiger partial charge on any atom is -0.392 e. The SMILES string of the molecule is COCCCCN1CC[C@@H](O)[C@]2(CCCN(C(=O)c3ccccc3)C2)C1. The van der Waals surface area contributed by atoms with Crippen molar-refractivity contribution in [1.82, 2.24) is 9.80 Å². The van der Waals surface area contributed by atoms with Crippen LogP contribution in [0.1, 0.15) is 42.5 Å². The van der Waals surface area contributed by atoms with Gasteiger partial charge in [-0.1, -0.05) is 18.2 Å². The number of aliphatic hydroxyl groups excluding tert-OH is 1. The number of nitrogens with zero attached hydrogens (tertiary/aromatic N) is 2. The van der Waals surface area contributed by atoms with E-state index in [1.54, 1.807) is 7.11 Å². The Kier molecular flexibility index (Phi) is 6.68. The molecule has 2 heterocycles. The smallest absolute Gasteiger partial charge is 0.253 e. The van der Waals surface area contributed by atoms with Crippen molar-refractivity contribution in [1.29, 1.82) is 0 Å². The molecule has 2 saturated heterocycles. The summed E-state index contributed by atoms with van der Waals surface area (Å²) in [6.45, 7) is 5.14. The van der Waals surface area contributed by atoms with Crippen LogP contribution in [0.4, 0.5) is 0 Å². The Balaban J connectivity index is 1.64. The highest BCUT2D eigenvalue weighted by Gasteiger charge is 2.46. The highest BCUT2D eigenvalue weighted by Crippen LogP contribution is 2.39. The normalized spacial score (nSPS) is 27.0. The molecule has 0 bridgehead atoms. The average Bonchev–Trinajstić information content (AvgIpc) is 2.68. The van der Waals surface area contributed by atoms with Gasteiger partial charge in [-0.15, -0.1) is 0 Å². The minimum absolute atomic E-state index is 0.0918. The molecular weight excluding hydrogens is 328 g/mol. The summed E-state index contributed by atoms with van der Waals surface area (Å²) in [6, 6.07) is 9.50. The zero-order valence-corrected chi connectivity index (χ0v) is 15.9. The van der Waals surface area contributed by atoms with Crippen LogP contribution in [0.2, 0.25) is 0 Å². The van der Waals surface area contributed by atoms with Gasteiger partial charge in [0.2, 0.25) is 0 Å². The number of likely N-dealkylation sites (tertiary alicyclic amines) is 2. The van der Waals surface area contributed by atoms with Crippen LogP contribution in [0, 0.1) is 5.41 Å². The lowest BCUT2D eigenvalue weighted by Gasteiger charge is -2.51. The molecule has 5 nitrogen and oxygen atoms in total. The Bertz CT molecular complexity index is 580. The van der Waals surface area contributed by atoms with Gasteiger partial charge in [0.1, 0.15) is 0 Å². The highest BCUT2D eigenvalue weighted by atomic mass is 16.5. The maximum atomic E-state index is 12.9. The van der Waals surface area contributed by atoms with Gasteiger partial charge in [-0.2, -0.15) is 0 Å². The van der Waals surface area contributed by atoms with E-state index >= 15 is 0 Å². The number of hydrogen-bond donors (Lipinski definition) is 1. The van der Waals surface area contributed by atoms with Gasteiger partial charge in [0.25, 0.3) is 5.91 Å². The molecule has 2 atom stereocenters. The van der Waals surface area contributed by atoms with E-state index in [1.165, 1.54) is 0 Å². The fraction of sp³-hybridized carbons (Fsp3) is 0.667. The third kappa shape index (κ3) is 4.45. The van der Waals surface area contributed by atoms with Crippen LogP contribution < -0.4 is 0 Å². The standard InChI is InChI=1S/C21H32N2O3/c1-26-15-6-5-12-22-14-10-19(24)21(16-22)11-7-13-23(17-21)20(25)18-8-3-2-4-9-18/h2-4,8-9,19,24H,5-7,10-17H2,1H3/t19-,21-/m1/s1. The minimum atomic E-state index is -0.316. The highest BCUT2D eigenvalue weighted by molar-refractivity contribution is 5.94. The summed E-state index contributed by atoms with van der Waals surface area (Å²) in [6.07, 6.45) is 4.64. The molecular formula is C21H32N2O3. The maximum Gasteiger partial charge on any atom is 0.253 e. The van der Waals surface area contributed by atoms with Crippen LogP contribution in [0.5, 0.6) is 0 Å². The zero-order valence-electron chi connectivity index (χ0n) is 15.9. The van der Waals surface area contributed by atoms with E-state index in [4.69, 9.17) is 4.74 Å². The molecule has 1 spiro atoms. The van der Waals surface area contributed by atoms with Crippen molar-refractivity contribution in [3.8, 4) is 0 Å². The Hall–Kier alpha value is -1.43. The molecule has 144 valence electrons. The van der Waals surface area contributed by atoms with E-state index < -0.39 is 0 Å². The van der Waals surface area contributed by atoms with Crippen molar-refractivity contribution in [2.24, 2.45) is 5.41 Å². The molecule has 2 fully saturated rings. The Morgan fingerprint density at radius 1 is 1.23 bits per heavy atom. The molecule has 0 aromatic heterocycles. The molecule has 1 aromatic carbocycles. The number of methoxy groups -OCH3 is 1. The molecule has 1 N–H and O–H groups in total. The Morgan fingerprint density at radius 3 is 2.81 bits per heavy atom. The lowest BCUT2D eigenvalue weighted by Crippen LogP contribution is -2.59. The van der Waals surface area contributed by atoms with Crippen LogP contribution in [0.25, 0.3) is 0 Å². The zero-order chi connectivity index (χ0) is 18.4. The second-order valence-corrected chi connectivity index (χ2v) is 7.84. The lowest BCUT2D eigenvalue weighted by molar-refractivity contribution is -0.0789. The number of carbonyl (C=O) groups excluding carboxylic acids is 1. The summed E-state index contributed by atoms with van der Waals surface area (Å²) in [5.41, 5.74) is 0.564. The summed E-state index contributed by atoms with van der Waals surface area (Å²) >= 11 is 0. The molecule has 1 amide bonds. The molecule has 0 radical (unpaired) electrons. The van der Waals surface area contributed by atoms with E-state index in [1.807, 2.05) is 35.2 Å². The molecule has 0 unspecified atom stereocenters. The van der Waals surface area contributed by atoms with Gasteiger partial charge in [-0.05, 0) is 50.8 Å². The second-order valence-electron chi connectivity index (χ2n) is 7.84. The summed E-state index contributed by atoms with van der Waals surface area (Å²) in [7, 11) is 1.74. The number of ether oxygens (including phenoxy) is 1. The summed E-state index contributed by atoms with van der Waals surface area (Å²) in [5.74, 6) is 0.0918. The first-order valence-electron chi connectivity index (χ1n) is 9.88. The van der Waals surface area contributed by atoms with Gasteiger partial charge in [0.05, 0.1) is 6.10 Å². The van der Waals surface area contributed by atoms with E-state index in [0.29, 0.717) is 6.54 Å². The largest absolute Gasteiger partial charge is 0.392 e. The summed E-state index contributed by atoms with van der Waals surface area (Å²) in [4.78, 5) is 17.3. The number of amides is 1. The van der Waals surface area contributed by atoms with Crippen LogP contribution in [0.15, 0.2) is 30.3 Å². The van der Waals surface area contributed by atoms with E-state index in [0.717, 1.165) is 70.5 Å². The van der Waals surface area contributed by atoms with Gasteiger partial charge in [-0.25, -0.2) is 0 Å². The number of benzene rings is 1. The molecule has 2 aliphatic rings. The Labute approximate surface area is 156 Å². The summed E-state index contributed by atoms with van der Waals surface area (Å²) in [5, 5.41) is 10.8. The van der Waals surface area contributed by atoms with Crippen LogP contribution in [-0.2, 0) is 4.74 Å². The van der Waals surface area contributed by atoms with Crippen LogP contribution >= 0.6 is 0 Å². The maximum absolute atomic E-state index is 12.9.